The molecule has 118 valence electrons. The lowest BCUT2D eigenvalue weighted by Crippen LogP contribution is -2.48. The maximum atomic E-state index is 9.92. The van der Waals surface area contributed by atoms with Gasteiger partial charge in [0.25, 0.3) is 0 Å². The SMILES string of the molecule is CCOC1CC(NCC(O)COc2cccc(OC)c2)C1. The van der Waals surface area contributed by atoms with Crippen LogP contribution in [0.15, 0.2) is 24.3 Å². The van der Waals surface area contributed by atoms with Gasteiger partial charge in [-0.1, -0.05) is 6.07 Å². The predicted molar refractivity (Wildman–Crippen MR) is 80.9 cm³/mol. The van der Waals surface area contributed by atoms with Gasteiger partial charge < -0.3 is 24.6 Å². The van der Waals surface area contributed by atoms with Gasteiger partial charge in [-0.05, 0) is 31.9 Å². The number of hydrogen-bond acceptors (Lipinski definition) is 5. The van der Waals surface area contributed by atoms with Crippen molar-refractivity contribution in [1.82, 2.24) is 5.32 Å². The summed E-state index contributed by atoms with van der Waals surface area (Å²) >= 11 is 0. The number of nitrogens with one attached hydrogen (secondary N) is 1. The molecule has 1 aliphatic rings. The van der Waals surface area contributed by atoms with Gasteiger partial charge >= 0.3 is 0 Å². The number of benzene rings is 1. The van der Waals surface area contributed by atoms with E-state index in [9.17, 15) is 5.11 Å². The summed E-state index contributed by atoms with van der Waals surface area (Å²) < 4.78 is 16.2. The molecule has 0 amide bonds. The number of ether oxygens (including phenoxy) is 3. The fourth-order valence-corrected chi connectivity index (χ4v) is 2.35. The molecule has 1 saturated carbocycles. The van der Waals surface area contributed by atoms with E-state index in [2.05, 4.69) is 5.32 Å². The Bertz CT molecular complexity index is 420. The van der Waals surface area contributed by atoms with E-state index in [1.165, 1.54) is 0 Å². The fraction of sp³-hybridized carbons (Fsp3) is 0.625. The summed E-state index contributed by atoms with van der Waals surface area (Å²) in [6.45, 7) is 3.59. The standard InChI is InChI=1S/C16H25NO4/c1-3-20-16-7-12(8-16)17-10-13(18)11-21-15-6-4-5-14(9-15)19-2/h4-6,9,12-13,16-18H,3,7-8,10-11H2,1-2H3. The molecular weight excluding hydrogens is 270 g/mol. The Morgan fingerprint density at radius 1 is 1.33 bits per heavy atom. The summed E-state index contributed by atoms with van der Waals surface area (Å²) in [6.07, 6.45) is 1.91. The van der Waals surface area contributed by atoms with Crippen LogP contribution in [0.3, 0.4) is 0 Å². The first kappa shape index (κ1) is 16.1. The molecule has 1 fully saturated rings. The van der Waals surface area contributed by atoms with Gasteiger partial charge in [-0.15, -0.1) is 0 Å². The van der Waals surface area contributed by atoms with Gasteiger partial charge in [0.1, 0.15) is 24.2 Å². The molecular formula is C16H25NO4. The van der Waals surface area contributed by atoms with Crippen LogP contribution in [0.25, 0.3) is 0 Å². The highest BCUT2D eigenvalue weighted by molar-refractivity contribution is 5.32. The van der Waals surface area contributed by atoms with E-state index in [0.29, 0.717) is 24.4 Å². The van der Waals surface area contributed by atoms with Gasteiger partial charge in [0.15, 0.2) is 0 Å². The normalized spacial score (nSPS) is 22.4. The second-order valence-electron chi connectivity index (χ2n) is 5.30. The van der Waals surface area contributed by atoms with E-state index >= 15 is 0 Å². The summed E-state index contributed by atoms with van der Waals surface area (Å²) in [6, 6.07) is 7.82. The van der Waals surface area contributed by atoms with E-state index in [4.69, 9.17) is 14.2 Å². The van der Waals surface area contributed by atoms with E-state index in [1.54, 1.807) is 13.2 Å². The van der Waals surface area contributed by atoms with Crippen LogP contribution in [0.1, 0.15) is 19.8 Å². The Balaban J connectivity index is 1.60. The largest absolute Gasteiger partial charge is 0.497 e. The van der Waals surface area contributed by atoms with Crippen LogP contribution in [-0.2, 0) is 4.74 Å². The van der Waals surface area contributed by atoms with E-state index in [1.807, 2.05) is 25.1 Å². The molecule has 5 nitrogen and oxygen atoms in total. The number of rotatable bonds is 9. The Labute approximate surface area is 126 Å². The minimum Gasteiger partial charge on any atom is -0.497 e. The van der Waals surface area contributed by atoms with Crippen LogP contribution in [-0.4, -0.2) is 50.2 Å². The second kappa shape index (κ2) is 8.22. The molecule has 0 bridgehead atoms. The van der Waals surface area contributed by atoms with Gasteiger partial charge in [0, 0.05) is 25.3 Å². The van der Waals surface area contributed by atoms with Gasteiger partial charge in [-0.2, -0.15) is 0 Å². The zero-order chi connectivity index (χ0) is 15.1. The Hall–Kier alpha value is -1.30. The molecule has 1 aromatic rings. The average molecular weight is 295 g/mol. The van der Waals surface area contributed by atoms with Crippen molar-refractivity contribution in [1.29, 1.82) is 0 Å². The number of aliphatic hydroxyl groups excluding tert-OH is 1. The summed E-state index contributed by atoms with van der Waals surface area (Å²) in [5, 5.41) is 13.3. The van der Waals surface area contributed by atoms with Crippen LogP contribution in [0.4, 0.5) is 0 Å². The van der Waals surface area contributed by atoms with Crippen LogP contribution < -0.4 is 14.8 Å². The quantitative estimate of drug-likeness (QED) is 0.724. The van der Waals surface area contributed by atoms with E-state index in [-0.39, 0.29) is 6.61 Å². The number of methoxy groups -OCH3 is 1. The predicted octanol–water partition coefficient (Wildman–Crippen LogP) is 1.59. The van der Waals surface area contributed by atoms with Crippen molar-refractivity contribution in [2.45, 2.75) is 38.0 Å². The monoisotopic (exact) mass is 295 g/mol. The molecule has 1 aliphatic carbocycles. The minimum absolute atomic E-state index is 0.266. The molecule has 0 aromatic heterocycles. The third-order valence-corrected chi connectivity index (χ3v) is 3.62. The van der Waals surface area contributed by atoms with Crippen LogP contribution in [0.5, 0.6) is 11.5 Å². The summed E-state index contributed by atoms with van der Waals surface area (Å²) in [5.74, 6) is 1.45. The zero-order valence-corrected chi connectivity index (χ0v) is 12.7. The van der Waals surface area contributed by atoms with Gasteiger partial charge in [-0.25, -0.2) is 0 Å². The minimum atomic E-state index is -0.526. The molecule has 0 aliphatic heterocycles. The van der Waals surface area contributed by atoms with Crippen molar-refractivity contribution in [2.75, 3.05) is 26.9 Å². The molecule has 1 atom stereocenters. The highest BCUT2D eigenvalue weighted by Crippen LogP contribution is 2.23. The number of hydrogen-bond donors (Lipinski definition) is 2. The Morgan fingerprint density at radius 2 is 2.10 bits per heavy atom. The molecule has 0 radical (unpaired) electrons. The van der Waals surface area contributed by atoms with Crippen LogP contribution >= 0.6 is 0 Å². The van der Waals surface area contributed by atoms with Crippen molar-refractivity contribution < 1.29 is 19.3 Å². The maximum absolute atomic E-state index is 9.92. The molecule has 0 saturated heterocycles. The third-order valence-electron chi connectivity index (χ3n) is 3.62. The summed E-state index contributed by atoms with van der Waals surface area (Å²) in [7, 11) is 1.62. The second-order valence-corrected chi connectivity index (χ2v) is 5.30. The van der Waals surface area contributed by atoms with Crippen molar-refractivity contribution >= 4 is 0 Å². The molecule has 2 rings (SSSR count). The summed E-state index contributed by atoms with van der Waals surface area (Å²) in [4.78, 5) is 0. The first-order chi connectivity index (χ1) is 10.2. The molecule has 0 heterocycles. The van der Waals surface area contributed by atoms with Crippen molar-refractivity contribution in [3.05, 3.63) is 24.3 Å². The molecule has 2 N–H and O–H groups in total. The molecule has 1 unspecified atom stereocenters. The van der Waals surface area contributed by atoms with Crippen molar-refractivity contribution in [2.24, 2.45) is 0 Å². The summed E-state index contributed by atoms with van der Waals surface area (Å²) in [5.41, 5.74) is 0. The van der Waals surface area contributed by atoms with E-state index in [0.717, 1.165) is 25.2 Å². The van der Waals surface area contributed by atoms with Crippen molar-refractivity contribution in [3.8, 4) is 11.5 Å². The third kappa shape index (κ3) is 5.19. The first-order valence-corrected chi connectivity index (χ1v) is 7.51. The van der Waals surface area contributed by atoms with Crippen molar-refractivity contribution in [3.63, 3.8) is 0 Å². The highest BCUT2D eigenvalue weighted by atomic mass is 16.5. The lowest BCUT2D eigenvalue weighted by Gasteiger charge is -2.36. The van der Waals surface area contributed by atoms with Crippen LogP contribution in [0, 0.1) is 0 Å². The maximum Gasteiger partial charge on any atom is 0.123 e. The molecule has 0 spiro atoms. The Morgan fingerprint density at radius 3 is 2.81 bits per heavy atom. The van der Waals surface area contributed by atoms with Crippen LogP contribution in [0.2, 0.25) is 0 Å². The average Bonchev–Trinajstić information content (AvgIpc) is 2.47. The van der Waals surface area contributed by atoms with Gasteiger partial charge in [0.2, 0.25) is 0 Å². The first-order valence-electron chi connectivity index (χ1n) is 7.51. The highest BCUT2D eigenvalue weighted by Gasteiger charge is 2.29. The molecule has 1 aromatic carbocycles. The smallest absolute Gasteiger partial charge is 0.123 e. The molecule has 5 heteroatoms. The molecule has 21 heavy (non-hydrogen) atoms. The van der Waals surface area contributed by atoms with Gasteiger partial charge in [-0.3, -0.25) is 0 Å². The lowest BCUT2D eigenvalue weighted by molar-refractivity contribution is -0.0134. The topological polar surface area (TPSA) is 60.0 Å². The fourth-order valence-electron chi connectivity index (χ4n) is 2.35. The van der Waals surface area contributed by atoms with Gasteiger partial charge in [0.05, 0.1) is 13.2 Å². The zero-order valence-electron chi connectivity index (χ0n) is 12.7. The van der Waals surface area contributed by atoms with E-state index < -0.39 is 6.10 Å². The Kier molecular flexibility index (Phi) is 6.29. The number of aliphatic hydroxyl groups is 1. The lowest BCUT2D eigenvalue weighted by atomic mass is 9.89.